The molecule has 0 aliphatic carbocycles. The van der Waals surface area contributed by atoms with Crippen molar-refractivity contribution in [3.05, 3.63) is 10.6 Å². The number of rotatable bonds is 8. The molecule has 3 aliphatic rings. The second-order valence-corrected chi connectivity index (χ2v) is 10.1. The monoisotopic (exact) mass is 469 g/mol. The van der Waals surface area contributed by atoms with E-state index in [9.17, 15) is 24.3 Å². The van der Waals surface area contributed by atoms with Crippen LogP contribution in [0.15, 0.2) is 10.6 Å². The molecular weight excluding hydrogens is 438 g/mol. The molecule has 3 aliphatic heterocycles. The Morgan fingerprint density at radius 1 is 1.38 bits per heavy atom. The first-order valence-corrected chi connectivity index (χ1v) is 11.5. The third kappa shape index (κ3) is 4.24. The predicted octanol–water partition coefficient (Wildman–Crippen LogP) is -1.86. The summed E-state index contributed by atoms with van der Waals surface area (Å²) >= 11 is 1.41. The van der Waals surface area contributed by atoms with E-state index < -0.39 is 36.5 Å². The summed E-state index contributed by atoms with van der Waals surface area (Å²) in [5, 5.41) is 24.8. The number of thioether (sulfide) groups is 1. The number of aliphatic hydroxyl groups is 1. The Kier molecular flexibility index (Phi) is 7.18. The average molecular weight is 470 g/mol. The molecule has 178 valence electrons. The highest BCUT2D eigenvalue weighted by molar-refractivity contribution is 8.03. The van der Waals surface area contributed by atoms with E-state index in [1.54, 1.807) is 21.0 Å². The van der Waals surface area contributed by atoms with Gasteiger partial charge in [0.2, 0.25) is 17.7 Å². The van der Waals surface area contributed by atoms with Crippen molar-refractivity contribution >= 4 is 35.5 Å². The molecule has 3 amide bonds. The first-order chi connectivity index (χ1) is 15.0. The van der Waals surface area contributed by atoms with Crippen molar-refractivity contribution in [1.29, 1.82) is 0 Å². The van der Waals surface area contributed by atoms with E-state index in [0.717, 1.165) is 0 Å². The van der Waals surface area contributed by atoms with Crippen LogP contribution in [0, 0.1) is 11.8 Å². The van der Waals surface area contributed by atoms with E-state index in [4.69, 9.17) is 10.8 Å². The van der Waals surface area contributed by atoms with E-state index in [2.05, 4.69) is 10.6 Å². The number of aliphatic carboxylic acids is 1. The van der Waals surface area contributed by atoms with Gasteiger partial charge in [-0.25, -0.2) is 4.79 Å². The zero-order valence-corrected chi connectivity index (χ0v) is 19.4. The molecule has 11 nitrogen and oxygen atoms in total. The molecule has 0 aromatic carbocycles. The highest BCUT2D eigenvalue weighted by Gasteiger charge is 2.60. The molecular formula is C20H31N5O6S. The molecule has 0 bridgehead atoms. The van der Waals surface area contributed by atoms with Gasteiger partial charge in [-0.3, -0.25) is 14.4 Å². The number of hydrogen-bond donors (Lipinski definition) is 5. The summed E-state index contributed by atoms with van der Waals surface area (Å²) in [4.78, 5) is 52.7. The van der Waals surface area contributed by atoms with Crippen LogP contribution in [-0.2, 0) is 19.2 Å². The van der Waals surface area contributed by atoms with Gasteiger partial charge in [0, 0.05) is 42.8 Å². The normalized spacial score (nSPS) is 31.1. The van der Waals surface area contributed by atoms with Gasteiger partial charge in [-0.15, -0.1) is 11.8 Å². The molecule has 0 aromatic rings. The lowest BCUT2D eigenvalue weighted by Gasteiger charge is -2.47. The van der Waals surface area contributed by atoms with Gasteiger partial charge < -0.3 is 36.4 Å². The van der Waals surface area contributed by atoms with Gasteiger partial charge >= 0.3 is 5.97 Å². The number of hydrogen-bond acceptors (Lipinski definition) is 8. The van der Waals surface area contributed by atoms with Crippen LogP contribution >= 0.6 is 11.8 Å². The zero-order chi connectivity index (χ0) is 23.9. The van der Waals surface area contributed by atoms with Gasteiger partial charge in [0.1, 0.15) is 11.7 Å². The summed E-state index contributed by atoms with van der Waals surface area (Å²) in [6.07, 6.45) is 0.568. The minimum atomic E-state index is -1.17. The van der Waals surface area contributed by atoms with Crippen molar-refractivity contribution in [2.45, 2.75) is 49.7 Å². The molecule has 7 atom stereocenters. The fourth-order valence-electron chi connectivity index (χ4n) is 4.67. The summed E-state index contributed by atoms with van der Waals surface area (Å²) in [6.45, 7) is 3.61. The largest absolute Gasteiger partial charge is 0.477 e. The molecule has 3 heterocycles. The minimum absolute atomic E-state index is 0.00244. The van der Waals surface area contributed by atoms with E-state index >= 15 is 0 Å². The van der Waals surface area contributed by atoms with Gasteiger partial charge in [0.25, 0.3) is 0 Å². The number of nitrogens with one attached hydrogen (secondary N) is 2. The number of carbonyl (C=O) groups excluding carboxylic acids is 3. The summed E-state index contributed by atoms with van der Waals surface area (Å²) in [6, 6.07) is -2.35. The molecule has 0 spiro atoms. The maximum atomic E-state index is 12.9. The van der Waals surface area contributed by atoms with Gasteiger partial charge in [-0.2, -0.15) is 0 Å². The maximum absolute atomic E-state index is 12.9. The van der Waals surface area contributed by atoms with E-state index in [1.165, 1.54) is 21.6 Å². The average Bonchev–Trinajstić information content (AvgIpc) is 3.28. The Morgan fingerprint density at radius 2 is 2.03 bits per heavy atom. The van der Waals surface area contributed by atoms with Crippen molar-refractivity contribution in [3.8, 4) is 0 Å². The fourth-order valence-corrected chi connectivity index (χ4v) is 6.15. The van der Waals surface area contributed by atoms with Crippen LogP contribution in [0.2, 0.25) is 0 Å². The van der Waals surface area contributed by atoms with Gasteiger partial charge in [0.05, 0.1) is 24.6 Å². The zero-order valence-electron chi connectivity index (χ0n) is 18.6. The number of carboxylic acid groups (broad SMARTS) is 1. The second-order valence-electron chi connectivity index (χ2n) is 8.79. The number of nitrogens with two attached hydrogens (primary N) is 1. The molecule has 0 unspecified atom stereocenters. The summed E-state index contributed by atoms with van der Waals surface area (Å²) < 4.78 is 0. The van der Waals surface area contributed by atoms with Gasteiger partial charge in [-0.05, 0) is 13.3 Å². The van der Waals surface area contributed by atoms with Crippen LogP contribution in [0.4, 0.5) is 0 Å². The molecule has 6 N–H and O–H groups in total. The van der Waals surface area contributed by atoms with Crippen molar-refractivity contribution in [3.63, 3.8) is 0 Å². The SMILES string of the molecule is C[C@@H](NC(=O)[C@H](N)CO)[C@H]1C(=O)N2C(C(=O)O)=C(S[C@@H]3CN[C@H](C(=O)N(C)C)C3)[C@H](C)[C@H]12. The summed E-state index contributed by atoms with van der Waals surface area (Å²) in [7, 11) is 3.39. The van der Waals surface area contributed by atoms with Crippen LogP contribution in [-0.4, -0.2) is 100 Å². The third-order valence-corrected chi connectivity index (χ3v) is 7.87. The molecule has 0 radical (unpaired) electrons. The van der Waals surface area contributed by atoms with E-state index in [1.807, 2.05) is 6.92 Å². The predicted molar refractivity (Wildman–Crippen MR) is 117 cm³/mol. The van der Waals surface area contributed by atoms with Crippen LogP contribution < -0.4 is 16.4 Å². The van der Waals surface area contributed by atoms with Gasteiger partial charge in [-0.1, -0.05) is 6.92 Å². The Balaban J connectivity index is 1.74. The van der Waals surface area contributed by atoms with Gasteiger partial charge in [0.15, 0.2) is 0 Å². The first-order valence-electron chi connectivity index (χ1n) is 10.6. The van der Waals surface area contributed by atoms with Crippen LogP contribution in [0.3, 0.4) is 0 Å². The maximum Gasteiger partial charge on any atom is 0.353 e. The number of nitrogens with zero attached hydrogens (tertiary/aromatic N) is 2. The lowest BCUT2D eigenvalue weighted by molar-refractivity contribution is -0.158. The Labute approximate surface area is 190 Å². The molecule has 0 saturated carbocycles. The number of fused-ring (bicyclic) bond motifs is 1. The Morgan fingerprint density at radius 3 is 2.59 bits per heavy atom. The van der Waals surface area contributed by atoms with Crippen LogP contribution in [0.25, 0.3) is 0 Å². The number of carbonyl (C=O) groups is 4. The third-order valence-electron chi connectivity index (χ3n) is 6.36. The first kappa shape index (κ1) is 24.5. The number of likely N-dealkylation sites (N-methyl/N-ethyl adjacent to an activating group) is 1. The topological polar surface area (TPSA) is 165 Å². The summed E-state index contributed by atoms with van der Waals surface area (Å²) in [5.74, 6) is -2.93. The highest BCUT2D eigenvalue weighted by atomic mass is 32.2. The fraction of sp³-hybridized carbons (Fsp3) is 0.700. The van der Waals surface area contributed by atoms with E-state index in [-0.39, 0.29) is 40.8 Å². The summed E-state index contributed by atoms with van der Waals surface area (Å²) in [5.41, 5.74) is 5.53. The molecule has 3 rings (SSSR count). The number of aliphatic hydroxyl groups excluding tert-OH is 1. The number of β-lactam (4-membered cyclic amide) rings is 1. The van der Waals surface area contributed by atoms with Crippen molar-refractivity contribution < 1.29 is 29.4 Å². The van der Waals surface area contributed by atoms with Crippen molar-refractivity contribution in [1.82, 2.24) is 20.4 Å². The minimum Gasteiger partial charge on any atom is -0.477 e. The second kappa shape index (κ2) is 9.38. The molecule has 12 heteroatoms. The molecule has 2 fully saturated rings. The quantitative estimate of drug-likeness (QED) is 0.256. The Bertz CT molecular complexity index is 848. The molecule has 0 aromatic heterocycles. The molecule has 2 saturated heterocycles. The standard InChI is InChI=1S/C20H31N5O6S/c1-8-14-13(9(2)23-17(27)11(21)7-26)19(29)25(14)15(20(30)31)16(8)32-10-5-12(22-6-10)18(28)24(3)4/h8-14,22,26H,5-7,21H2,1-4H3,(H,23,27)(H,30,31)/t8-,9-,10+,11-,12+,13-,14-/m1/s1. The van der Waals surface area contributed by atoms with Crippen LogP contribution in [0.5, 0.6) is 0 Å². The lowest BCUT2D eigenvalue weighted by atomic mass is 9.78. The number of carboxylic acids is 1. The molecule has 32 heavy (non-hydrogen) atoms. The van der Waals surface area contributed by atoms with E-state index in [0.29, 0.717) is 17.9 Å². The highest BCUT2D eigenvalue weighted by Crippen LogP contribution is 2.51. The number of amides is 3. The Hall–Kier alpha value is -2.15. The van der Waals surface area contributed by atoms with Crippen molar-refractivity contribution in [2.75, 3.05) is 27.2 Å². The smallest absolute Gasteiger partial charge is 0.353 e. The lowest BCUT2D eigenvalue weighted by Crippen LogP contribution is -2.66. The van der Waals surface area contributed by atoms with Crippen LogP contribution in [0.1, 0.15) is 20.3 Å². The van der Waals surface area contributed by atoms with Crippen molar-refractivity contribution in [2.24, 2.45) is 17.6 Å².